The van der Waals surface area contributed by atoms with Gasteiger partial charge >= 0.3 is 0 Å². The number of hydrogen-bond donors (Lipinski definition) is 0. The molecule has 1 saturated carbocycles. The van der Waals surface area contributed by atoms with Crippen molar-refractivity contribution in [3.05, 3.63) is 47.5 Å². The van der Waals surface area contributed by atoms with Gasteiger partial charge in [-0.25, -0.2) is 14.4 Å². The maximum atomic E-state index is 14.6. The Labute approximate surface area is 176 Å². The van der Waals surface area contributed by atoms with Gasteiger partial charge in [-0.05, 0) is 73.6 Å². The SMILES string of the molecule is CCCCCc1ccc(-c2ncc(C3CCC(CCCCC)CC3)cn2)c(F)c1. The molecule has 2 nitrogen and oxygen atoms in total. The third-order valence-electron chi connectivity index (χ3n) is 6.55. The van der Waals surface area contributed by atoms with Gasteiger partial charge < -0.3 is 0 Å². The van der Waals surface area contributed by atoms with Gasteiger partial charge in [-0.3, -0.25) is 0 Å². The molecule has 1 aromatic carbocycles. The smallest absolute Gasteiger partial charge is 0.162 e. The maximum absolute atomic E-state index is 14.6. The zero-order valence-corrected chi connectivity index (χ0v) is 18.3. The van der Waals surface area contributed by atoms with Crippen LogP contribution in [-0.2, 0) is 6.42 Å². The van der Waals surface area contributed by atoms with Crippen molar-refractivity contribution in [2.75, 3.05) is 0 Å². The predicted molar refractivity (Wildman–Crippen MR) is 119 cm³/mol. The van der Waals surface area contributed by atoms with Crippen LogP contribution in [0.2, 0.25) is 0 Å². The Morgan fingerprint density at radius 3 is 2.24 bits per heavy atom. The molecule has 1 aliphatic carbocycles. The zero-order chi connectivity index (χ0) is 20.5. The molecule has 0 unspecified atom stereocenters. The average Bonchev–Trinajstić information content (AvgIpc) is 2.75. The molecule has 3 heteroatoms. The number of rotatable bonds is 10. The van der Waals surface area contributed by atoms with Crippen molar-refractivity contribution in [1.29, 1.82) is 0 Å². The van der Waals surface area contributed by atoms with E-state index in [1.807, 2.05) is 24.5 Å². The standard InChI is InChI=1S/C26H37FN2/c1-3-5-7-9-20-11-14-22(15-12-20)23-18-28-26(29-19-23)24-16-13-21(17-25(24)27)10-8-6-4-2/h13,16-20,22H,3-12,14-15H2,1-2H3. The van der Waals surface area contributed by atoms with Crippen LogP contribution >= 0.6 is 0 Å². The van der Waals surface area contributed by atoms with Crippen molar-refractivity contribution in [2.24, 2.45) is 5.92 Å². The minimum absolute atomic E-state index is 0.209. The molecule has 0 radical (unpaired) electrons. The minimum atomic E-state index is -0.209. The molecule has 0 atom stereocenters. The Hall–Kier alpha value is -1.77. The van der Waals surface area contributed by atoms with Crippen molar-refractivity contribution in [3.63, 3.8) is 0 Å². The van der Waals surface area contributed by atoms with Crippen LogP contribution in [-0.4, -0.2) is 9.97 Å². The number of benzene rings is 1. The normalized spacial score (nSPS) is 19.4. The first-order chi connectivity index (χ1) is 14.2. The quantitative estimate of drug-likeness (QED) is 0.382. The van der Waals surface area contributed by atoms with Gasteiger partial charge in [0, 0.05) is 12.4 Å². The fourth-order valence-corrected chi connectivity index (χ4v) is 4.63. The van der Waals surface area contributed by atoms with Crippen LogP contribution in [0.1, 0.15) is 102 Å². The van der Waals surface area contributed by atoms with Crippen molar-refractivity contribution in [3.8, 4) is 11.4 Å². The van der Waals surface area contributed by atoms with Crippen LogP contribution in [0.3, 0.4) is 0 Å². The molecule has 158 valence electrons. The molecule has 1 aromatic heterocycles. The molecule has 1 fully saturated rings. The van der Waals surface area contributed by atoms with Crippen molar-refractivity contribution in [1.82, 2.24) is 9.97 Å². The van der Waals surface area contributed by atoms with Crippen LogP contribution in [0.25, 0.3) is 11.4 Å². The minimum Gasteiger partial charge on any atom is -0.236 e. The predicted octanol–water partition coefficient (Wildman–Crippen LogP) is 7.87. The highest BCUT2D eigenvalue weighted by atomic mass is 19.1. The lowest BCUT2D eigenvalue weighted by Crippen LogP contribution is -2.14. The lowest BCUT2D eigenvalue weighted by Gasteiger charge is -2.28. The molecule has 0 N–H and O–H groups in total. The largest absolute Gasteiger partial charge is 0.236 e. The molecule has 29 heavy (non-hydrogen) atoms. The van der Waals surface area contributed by atoms with E-state index < -0.39 is 0 Å². The highest BCUT2D eigenvalue weighted by Crippen LogP contribution is 2.37. The van der Waals surface area contributed by atoms with Crippen LogP contribution in [0, 0.1) is 11.7 Å². The molecule has 1 heterocycles. The van der Waals surface area contributed by atoms with E-state index in [4.69, 9.17) is 0 Å². The number of aromatic nitrogens is 2. The second-order valence-corrected chi connectivity index (χ2v) is 8.82. The second kappa shape index (κ2) is 11.4. The number of halogens is 1. The molecular weight excluding hydrogens is 359 g/mol. The van der Waals surface area contributed by atoms with Crippen molar-refractivity contribution >= 4 is 0 Å². The van der Waals surface area contributed by atoms with Crippen LogP contribution in [0.5, 0.6) is 0 Å². The van der Waals surface area contributed by atoms with Gasteiger partial charge in [-0.2, -0.15) is 0 Å². The Bertz CT molecular complexity index is 733. The fraction of sp³-hybridized carbons (Fsp3) is 0.615. The number of aryl methyl sites for hydroxylation is 1. The lowest BCUT2D eigenvalue weighted by molar-refractivity contribution is 0.302. The van der Waals surface area contributed by atoms with E-state index in [1.54, 1.807) is 6.07 Å². The summed E-state index contributed by atoms with van der Waals surface area (Å²) < 4.78 is 14.6. The summed E-state index contributed by atoms with van der Waals surface area (Å²) in [6.45, 7) is 4.46. The Balaban J connectivity index is 1.56. The summed E-state index contributed by atoms with van der Waals surface area (Å²) in [5.74, 6) is 1.76. The van der Waals surface area contributed by atoms with E-state index in [-0.39, 0.29) is 5.82 Å². The van der Waals surface area contributed by atoms with Gasteiger partial charge in [-0.1, -0.05) is 58.4 Å². The van der Waals surface area contributed by atoms with Crippen LogP contribution < -0.4 is 0 Å². The average molecular weight is 397 g/mol. The summed E-state index contributed by atoms with van der Waals surface area (Å²) in [7, 11) is 0. The third-order valence-corrected chi connectivity index (χ3v) is 6.55. The van der Waals surface area contributed by atoms with E-state index in [2.05, 4.69) is 23.8 Å². The molecule has 0 bridgehead atoms. The van der Waals surface area contributed by atoms with Crippen molar-refractivity contribution in [2.45, 2.75) is 96.8 Å². The molecule has 2 aromatic rings. The van der Waals surface area contributed by atoms with E-state index in [0.29, 0.717) is 17.3 Å². The Morgan fingerprint density at radius 2 is 1.59 bits per heavy atom. The Kier molecular flexibility index (Phi) is 8.64. The summed E-state index contributed by atoms with van der Waals surface area (Å²) in [4.78, 5) is 9.04. The first-order valence-electron chi connectivity index (χ1n) is 11.8. The molecule has 0 amide bonds. The molecular formula is C26H37FN2. The molecule has 1 aliphatic rings. The third kappa shape index (κ3) is 6.35. The lowest BCUT2D eigenvalue weighted by atomic mass is 9.77. The highest BCUT2D eigenvalue weighted by Gasteiger charge is 2.22. The summed E-state index contributed by atoms with van der Waals surface area (Å²) >= 11 is 0. The first-order valence-corrected chi connectivity index (χ1v) is 11.8. The highest BCUT2D eigenvalue weighted by molar-refractivity contribution is 5.56. The zero-order valence-electron chi connectivity index (χ0n) is 18.3. The monoisotopic (exact) mass is 396 g/mol. The summed E-state index contributed by atoms with van der Waals surface area (Å²) in [6.07, 6.45) is 18.8. The van der Waals surface area contributed by atoms with Gasteiger partial charge in [0.2, 0.25) is 0 Å². The fourth-order valence-electron chi connectivity index (χ4n) is 4.63. The van der Waals surface area contributed by atoms with Gasteiger partial charge in [-0.15, -0.1) is 0 Å². The number of nitrogens with zero attached hydrogens (tertiary/aromatic N) is 2. The second-order valence-electron chi connectivity index (χ2n) is 8.82. The topological polar surface area (TPSA) is 25.8 Å². The van der Waals surface area contributed by atoms with Gasteiger partial charge in [0.1, 0.15) is 5.82 Å². The van der Waals surface area contributed by atoms with E-state index in [1.165, 1.54) is 69.8 Å². The first kappa shape index (κ1) is 21.9. The van der Waals surface area contributed by atoms with Crippen molar-refractivity contribution < 1.29 is 4.39 Å². The van der Waals surface area contributed by atoms with Gasteiger partial charge in [0.15, 0.2) is 5.82 Å². The van der Waals surface area contributed by atoms with E-state index in [0.717, 1.165) is 24.3 Å². The summed E-state index contributed by atoms with van der Waals surface area (Å²) in [6, 6.07) is 5.51. The van der Waals surface area contributed by atoms with Crippen LogP contribution in [0.15, 0.2) is 30.6 Å². The molecule has 0 aliphatic heterocycles. The number of unbranched alkanes of at least 4 members (excludes halogenated alkanes) is 4. The Morgan fingerprint density at radius 1 is 0.897 bits per heavy atom. The van der Waals surface area contributed by atoms with E-state index in [9.17, 15) is 4.39 Å². The molecule has 3 rings (SSSR count). The van der Waals surface area contributed by atoms with E-state index >= 15 is 0 Å². The molecule has 0 spiro atoms. The maximum Gasteiger partial charge on any atom is 0.162 e. The number of hydrogen-bond acceptors (Lipinski definition) is 2. The molecule has 0 saturated heterocycles. The summed E-state index contributed by atoms with van der Waals surface area (Å²) in [5, 5.41) is 0. The van der Waals surface area contributed by atoms with Gasteiger partial charge in [0.05, 0.1) is 5.56 Å². The van der Waals surface area contributed by atoms with Crippen LogP contribution in [0.4, 0.5) is 4.39 Å². The summed E-state index contributed by atoms with van der Waals surface area (Å²) in [5.41, 5.74) is 2.79. The van der Waals surface area contributed by atoms with Gasteiger partial charge in [0.25, 0.3) is 0 Å².